The van der Waals surface area contributed by atoms with Crippen molar-refractivity contribution in [1.82, 2.24) is 15.5 Å². The summed E-state index contributed by atoms with van der Waals surface area (Å²) in [5.41, 5.74) is -0.611. The standard InChI is InChI=1S/C27H46N4O2/c1-31-25(33)27(30-26(31)28,16-15-20-9-4-2-5-10-20)19-22-12-8-11-21(17-22)18-24(32)29-23-13-6-3-7-14-23/h20-23H,2-19H2,1H3,(H2,28,30)(H,29,32)/t21-,22+,27-/m1/s1. The maximum Gasteiger partial charge on any atom is 0.254 e. The highest BCUT2D eigenvalue weighted by Crippen LogP contribution is 2.40. The Morgan fingerprint density at radius 3 is 2.27 bits per heavy atom. The first-order chi connectivity index (χ1) is 15.9. The van der Waals surface area contributed by atoms with E-state index in [1.165, 1.54) is 56.3 Å². The van der Waals surface area contributed by atoms with Crippen molar-refractivity contribution in [2.24, 2.45) is 17.8 Å². The van der Waals surface area contributed by atoms with Gasteiger partial charge >= 0.3 is 0 Å². The first-order valence-corrected chi connectivity index (χ1v) is 13.9. The topological polar surface area (TPSA) is 85.3 Å². The van der Waals surface area contributed by atoms with E-state index in [0.29, 0.717) is 24.3 Å². The third kappa shape index (κ3) is 6.30. The van der Waals surface area contributed by atoms with Crippen LogP contribution in [0.4, 0.5) is 0 Å². The van der Waals surface area contributed by atoms with E-state index in [0.717, 1.165) is 63.7 Å². The number of rotatable bonds is 8. The molecule has 0 bridgehead atoms. The first kappa shape index (κ1) is 24.5. The summed E-state index contributed by atoms with van der Waals surface area (Å²) in [5, 5.41) is 14.9. The molecule has 0 spiro atoms. The van der Waals surface area contributed by atoms with Crippen molar-refractivity contribution in [3.8, 4) is 0 Å². The van der Waals surface area contributed by atoms with Gasteiger partial charge in [-0.15, -0.1) is 0 Å². The van der Waals surface area contributed by atoms with Gasteiger partial charge in [-0.3, -0.25) is 19.9 Å². The molecule has 0 aromatic carbocycles. The highest BCUT2D eigenvalue weighted by atomic mass is 16.2. The van der Waals surface area contributed by atoms with Crippen LogP contribution < -0.4 is 10.6 Å². The zero-order valence-electron chi connectivity index (χ0n) is 20.8. The molecule has 3 N–H and O–H groups in total. The number of hydrogen-bond acceptors (Lipinski definition) is 3. The van der Waals surface area contributed by atoms with E-state index in [2.05, 4.69) is 10.6 Å². The molecule has 0 unspecified atom stereocenters. The Kier molecular flexibility index (Phi) is 8.34. The third-order valence-electron chi connectivity index (χ3n) is 9.08. The molecule has 0 radical (unpaired) electrons. The first-order valence-electron chi connectivity index (χ1n) is 13.9. The van der Waals surface area contributed by atoms with E-state index in [-0.39, 0.29) is 17.8 Å². The molecule has 1 saturated heterocycles. The zero-order chi connectivity index (χ0) is 23.3. The molecular weight excluding hydrogens is 412 g/mol. The summed E-state index contributed by atoms with van der Waals surface area (Å²) in [4.78, 5) is 27.5. The van der Waals surface area contributed by atoms with Gasteiger partial charge in [0.05, 0.1) is 0 Å². The number of carbonyl (C=O) groups excluding carboxylic acids is 2. The quantitative estimate of drug-likeness (QED) is 0.472. The SMILES string of the molecule is CN1C(=N)N[C@](CCC2CCCCC2)(C[C@H]2CCC[C@@H](CC(=O)NC3CCCCC3)C2)C1=O. The summed E-state index contributed by atoms with van der Waals surface area (Å²) < 4.78 is 0. The third-order valence-corrected chi connectivity index (χ3v) is 9.08. The van der Waals surface area contributed by atoms with Crippen LogP contribution in [0.15, 0.2) is 0 Å². The lowest BCUT2D eigenvalue weighted by Gasteiger charge is -2.36. The second-order valence-corrected chi connectivity index (χ2v) is 11.7. The molecule has 0 aromatic rings. The molecule has 3 saturated carbocycles. The van der Waals surface area contributed by atoms with Gasteiger partial charge in [-0.1, -0.05) is 64.2 Å². The number of amides is 2. The van der Waals surface area contributed by atoms with Crippen molar-refractivity contribution in [2.75, 3.05) is 7.05 Å². The molecule has 1 heterocycles. The summed E-state index contributed by atoms with van der Waals surface area (Å²) in [7, 11) is 1.74. The van der Waals surface area contributed by atoms with Crippen LogP contribution in [0.2, 0.25) is 0 Å². The Balaban J connectivity index is 1.33. The number of guanidine groups is 1. The van der Waals surface area contributed by atoms with E-state index < -0.39 is 5.54 Å². The summed E-state index contributed by atoms with van der Waals surface area (Å²) >= 11 is 0. The van der Waals surface area contributed by atoms with Crippen LogP contribution in [-0.4, -0.2) is 41.3 Å². The van der Waals surface area contributed by atoms with Gasteiger partial charge in [-0.2, -0.15) is 0 Å². The fourth-order valence-corrected chi connectivity index (χ4v) is 7.18. The maximum atomic E-state index is 13.3. The number of hydrogen-bond donors (Lipinski definition) is 3. The normalized spacial score (nSPS) is 32.1. The summed E-state index contributed by atoms with van der Waals surface area (Å²) in [6.45, 7) is 0. The molecule has 3 atom stereocenters. The van der Waals surface area contributed by atoms with Gasteiger partial charge in [0.1, 0.15) is 5.54 Å². The van der Waals surface area contributed by atoms with Crippen LogP contribution in [0, 0.1) is 23.2 Å². The molecule has 33 heavy (non-hydrogen) atoms. The fraction of sp³-hybridized carbons (Fsp3) is 0.889. The van der Waals surface area contributed by atoms with Crippen molar-refractivity contribution in [3.63, 3.8) is 0 Å². The van der Waals surface area contributed by atoms with Crippen LogP contribution in [0.5, 0.6) is 0 Å². The lowest BCUT2D eigenvalue weighted by atomic mass is 9.72. The summed E-state index contributed by atoms with van der Waals surface area (Å²) in [6.07, 6.45) is 20.4. The minimum absolute atomic E-state index is 0.0838. The van der Waals surface area contributed by atoms with Crippen molar-refractivity contribution >= 4 is 17.8 Å². The van der Waals surface area contributed by atoms with Gasteiger partial charge in [-0.05, 0) is 62.7 Å². The molecule has 6 nitrogen and oxygen atoms in total. The predicted molar refractivity (Wildman–Crippen MR) is 132 cm³/mol. The molecule has 186 valence electrons. The largest absolute Gasteiger partial charge is 0.353 e. The van der Waals surface area contributed by atoms with Crippen LogP contribution in [0.3, 0.4) is 0 Å². The van der Waals surface area contributed by atoms with Crippen molar-refractivity contribution in [1.29, 1.82) is 5.41 Å². The average Bonchev–Trinajstić information content (AvgIpc) is 3.03. The Morgan fingerprint density at radius 1 is 0.970 bits per heavy atom. The van der Waals surface area contributed by atoms with Crippen LogP contribution in [0.1, 0.15) is 116 Å². The lowest BCUT2D eigenvalue weighted by molar-refractivity contribution is -0.131. The number of nitrogens with zero attached hydrogens (tertiary/aromatic N) is 1. The fourth-order valence-electron chi connectivity index (χ4n) is 7.18. The molecular formula is C27H46N4O2. The van der Waals surface area contributed by atoms with Crippen molar-refractivity contribution in [2.45, 2.75) is 127 Å². The minimum Gasteiger partial charge on any atom is -0.353 e. The van der Waals surface area contributed by atoms with E-state index in [9.17, 15) is 9.59 Å². The molecule has 1 aliphatic heterocycles. The van der Waals surface area contributed by atoms with Gasteiger partial charge in [0, 0.05) is 19.5 Å². The number of likely N-dealkylation sites (N-methyl/N-ethyl adjacent to an activating group) is 1. The Hall–Kier alpha value is -1.59. The maximum absolute atomic E-state index is 13.3. The average molecular weight is 459 g/mol. The summed E-state index contributed by atoms with van der Waals surface area (Å²) in [6, 6.07) is 0.385. The predicted octanol–water partition coefficient (Wildman–Crippen LogP) is 5.12. The Morgan fingerprint density at radius 2 is 1.61 bits per heavy atom. The minimum atomic E-state index is -0.611. The summed E-state index contributed by atoms with van der Waals surface area (Å²) in [5.74, 6) is 2.18. The molecule has 4 fully saturated rings. The zero-order valence-corrected chi connectivity index (χ0v) is 20.8. The van der Waals surface area contributed by atoms with Gasteiger partial charge in [-0.25, -0.2) is 0 Å². The van der Waals surface area contributed by atoms with Crippen molar-refractivity contribution in [3.05, 3.63) is 0 Å². The lowest BCUT2D eigenvalue weighted by Crippen LogP contribution is -2.49. The molecule has 4 rings (SSSR count). The second kappa shape index (κ2) is 11.2. The van der Waals surface area contributed by atoms with E-state index in [1.54, 1.807) is 7.05 Å². The Bertz CT molecular complexity index is 698. The van der Waals surface area contributed by atoms with E-state index in [1.807, 2.05) is 0 Å². The molecule has 3 aliphatic carbocycles. The van der Waals surface area contributed by atoms with Gasteiger partial charge in [0.2, 0.25) is 5.91 Å². The van der Waals surface area contributed by atoms with Gasteiger partial charge in [0.15, 0.2) is 5.96 Å². The smallest absolute Gasteiger partial charge is 0.254 e. The number of nitrogens with one attached hydrogen (secondary N) is 3. The van der Waals surface area contributed by atoms with Crippen LogP contribution in [0.25, 0.3) is 0 Å². The molecule has 4 aliphatic rings. The van der Waals surface area contributed by atoms with Gasteiger partial charge < -0.3 is 10.6 Å². The molecule has 2 amide bonds. The van der Waals surface area contributed by atoms with Gasteiger partial charge in [0.25, 0.3) is 5.91 Å². The van der Waals surface area contributed by atoms with Crippen molar-refractivity contribution < 1.29 is 9.59 Å². The molecule has 0 aromatic heterocycles. The van der Waals surface area contributed by atoms with E-state index >= 15 is 0 Å². The van der Waals surface area contributed by atoms with Crippen LogP contribution in [-0.2, 0) is 9.59 Å². The van der Waals surface area contributed by atoms with Crippen LogP contribution >= 0.6 is 0 Å². The van der Waals surface area contributed by atoms with E-state index in [4.69, 9.17) is 5.41 Å². The second-order valence-electron chi connectivity index (χ2n) is 11.7. The number of carbonyl (C=O) groups is 2. The monoisotopic (exact) mass is 458 g/mol. The highest BCUT2D eigenvalue weighted by molar-refractivity contribution is 6.07. The molecule has 6 heteroatoms. The Labute approximate surface area is 200 Å². The highest BCUT2D eigenvalue weighted by Gasteiger charge is 2.49.